The lowest BCUT2D eigenvalue weighted by Crippen LogP contribution is -2.42. The summed E-state index contributed by atoms with van der Waals surface area (Å²) in [6.07, 6.45) is 1.98. The third kappa shape index (κ3) is 2.78. The summed E-state index contributed by atoms with van der Waals surface area (Å²) in [7, 11) is 0. The fourth-order valence-electron chi connectivity index (χ4n) is 3.21. The number of nitrogens with zero attached hydrogens (tertiary/aromatic N) is 2. The van der Waals surface area contributed by atoms with E-state index in [1.165, 1.54) is 0 Å². The van der Waals surface area contributed by atoms with Gasteiger partial charge in [0.15, 0.2) is 0 Å². The lowest BCUT2D eigenvalue weighted by Gasteiger charge is -2.33. The molecule has 22 heavy (non-hydrogen) atoms. The van der Waals surface area contributed by atoms with Crippen LogP contribution < -0.4 is 11.4 Å². The number of H-pyrrole nitrogens is 1. The monoisotopic (exact) mass is 302 g/mol. The number of hydrogen-bond donors (Lipinski definition) is 2. The van der Waals surface area contributed by atoms with Crippen molar-refractivity contribution in [3.8, 4) is 0 Å². The van der Waals surface area contributed by atoms with Crippen LogP contribution in [0.25, 0.3) is 11.0 Å². The van der Waals surface area contributed by atoms with E-state index in [0.717, 1.165) is 23.9 Å². The number of imidazole rings is 1. The van der Waals surface area contributed by atoms with Crippen LogP contribution in [0.1, 0.15) is 32.2 Å². The molecule has 1 unspecified atom stereocenters. The Morgan fingerprint density at radius 3 is 2.73 bits per heavy atom. The molecule has 2 aromatic rings. The summed E-state index contributed by atoms with van der Waals surface area (Å²) in [4.78, 5) is 29.0. The molecule has 6 heteroatoms. The molecule has 0 spiro atoms. The van der Waals surface area contributed by atoms with Gasteiger partial charge in [0.1, 0.15) is 0 Å². The number of para-hydroxylation sites is 2. The average molecular weight is 302 g/mol. The molecule has 0 aliphatic carbocycles. The van der Waals surface area contributed by atoms with Gasteiger partial charge in [-0.1, -0.05) is 12.1 Å². The molecule has 2 heterocycles. The van der Waals surface area contributed by atoms with Gasteiger partial charge in [-0.25, -0.2) is 4.79 Å². The molecular weight excluding hydrogens is 280 g/mol. The smallest absolute Gasteiger partial charge is 0.326 e. The number of aromatic amines is 1. The van der Waals surface area contributed by atoms with E-state index in [4.69, 9.17) is 5.73 Å². The van der Waals surface area contributed by atoms with Crippen LogP contribution in [-0.2, 0) is 4.79 Å². The van der Waals surface area contributed by atoms with Crippen LogP contribution in [0.4, 0.5) is 0 Å². The van der Waals surface area contributed by atoms with Gasteiger partial charge in [0, 0.05) is 31.6 Å². The van der Waals surface area contributed by atoms with Crippen molar-refractivity contribution < 1.29 is 4.79 Å². The van der Waals surface area contributed by atoms with Gasteiger partial charge in [-0.15, -0.1) is 0 Å². The largest absolute Gasteiger partial charge is 0.342 e. The number of amides is 1. The first-order valence-electron chi connectivity index (χ1n) is 7.79. The summed E-state index contributed by atoms with van der Waals surface area (Å²) >= 11 is 0. The van der Waals surface area contributed by atoms with Gasteiger partial charge in [0.25, 0.3) is 0 Å². The van der Waals surface area contributed by atoms with Crippen molar-refractivity contribution in [2.75, 3.05) is 13.1 Å². The Hall–Kier alpha value is -2.08. The highest BCUT2D eigenvalue weighted by Crippen LogP contribution is 2.25. The van der Waals surface area contributed by atoms with Gasteiger partial charge in [0.05, 0.1) is 11.0 Å². The Kier molecular flexibility index (Phi) is 4.02. The third-order valence-corrected chi connectivity index (χ3v) is 4.30. The zero-order valence-corrected chi connectivity index (χ0v) is 12.8. The lowest BCUT2D eigenvalue weighted by atomic mass is 10.0. The maximum atomic E-state index is 12.2. The van der Waals surface area contributed by atoms with Crippen molar-refractivity contribution in [2.45, 2.75) is 38.3 Å². The van der Waals surface area contributed by atoms with Crippen molar-refractivity contribution in [1.29, 1.82) is 0 Å². The number of benzene rings is 1. The van der Waals surface area contributed by atoms with Crippen LogP contribution in [0.3, 0.4) is 0 Å². The SMILES string of the molecule is CC(N)CC(=O)N1CCC(n2c(=O)[nH]c3ccccc32)CC1. The number of nitrogens with one attached hydrogen (secondary N) is 1. The molecule has 1 fully saturated rings. The molecule has 3 N–H and O–H groups in total. The highest BCUT2D eigenvalue weighted by Gasteiger charge is 2.26. The molecule has 1 aliphatic rings. The normalized spacial score (nSPS) is 17.8. The van der Waals surface area contributed by atoms with E-state index in [9.17, 15) is 9.59 Å². The van der Waals surface area contributed by atoms with Crippen LogP contribution in [0, 0.1) is 0 Å². The van der Waals surface area contributed by atoms with Crippen LogP contribution in [0.2, 0.25) is 0 Å². The van der Waals surface area contributed by atoms with Gasteiger partial charge in [0.2, 0.25) is 5.91 Å². The first-order chi connectivity index (χ1) is 10.6. The number of likely N-dealkylation sites (tertiary alicyclic amines) is 1. The summed E-state index contributed by atoms with van der Waals surface area (Å²) in [6.45, 7) is 3.21. The molecule has 0 saturated carbocycles. The summed E-state index contributed by atoms with van der Waals surface area (Å²) in [5.74, 6) is 0.111. The average Bonchev–Trinajstić information content (AvgIpc) is 2.82. The Bertz CT molecular complexity index is 723. The number of carbonyl (C=O) groups is 1. The van der Waals surface area contributed by atoms with Crippen LogP contribution >= 0.6 is 0 Å². The third-order valence-electron chi connectivity index (χ3n) is 4.30. The standard InChI is InChI=1S/C16H22N4O2/c1-11(17)10-15(21)19-8-6-12(7-9-19)20-14-5-3-2-4-13(14)18-16(20)22/h2-5,11-12H,6-10,17H2,1H3,(H,18,22). The minimum atomic E-state index is -0.110. The number of rotatable bonds is 3. The highest BCUT2D eigenvalue weighted by atomic mass is 16.2. The quantitative estimate of drug-likeness (QED) is 0.894. The molecule has 1 amide bonds. The summed E-state index contributed by atoms with van der Waals surface area (Å²) in [5.41, 5.74) is 7.42. The second-order valence-corrected chi connectivity index (χ2v) is 6.11. The molecule has 1 aromatic carbocycles. The van der Waals surface area contributed by atoms with E-state index < -0.39 is 0 Å². The molecule has 6 nitrogen and oxygen atoms in total. The molecule has 0 radical (unpaired) electrons. The van der Waals surface area contributed by atoms with Gasteiger partial charge < -0.3 is 15.6 Å². The molecule has 118 valence electrons. The molecule has 3 rings (SSSR count). The van der Waals surface area contributed by atoms with Gasteiger partial charge in [-0.3, -0.25) is 9.36 Å². The van der Waals surface area contributed by atoms with E-state index in [1.54, 1.807) is 0 Å². The van der Waals surface area contributed by atoms with Crippen LogP contribution in [0.15, 0.2) is 29.1 Å². The van der Waals surface area contributed by atoms with Crippen molar-refractivity contribution in [3.63, 3.8) is 0 Å². The summed E-state index contributed by atoms with van der Waals surface area (Å²) in [5, 5.41) is 0. The van der Waals surface area contributed by atoms with Crippen molar-refractivity contribution >= 4 is 16.9 Å². The zero-order valence-electron chi connectivity index (χ0n) is 12.8. The minimum Gasteiger partial charge on any atom is -0.342 e. The highest BCUT2D eigenvalue weighted by molar-refractivity contribution is 5.77. The first-order valence-corrected chi connectivity index (χ1v) is 7.79. The van der Waals surface area contributed by atoms with Crippen molar-refractivity contribution in [1.82, 2.24) is 14.5 Å². The maximum absolute atomic E-state index is 12.2. The van der Waals surface area contributed by atoms with E-state index >= 15 is 0 Å². The molecule has 1 saturated heterocycles. The number of aromatic nitrogens is 2. The Morgan fingerprint density at radius 2 is 2.05 bits per heavy atom. The predicted octanol–water partition coefficient (Wildman–Crippen LogP) is 1.23. The van der Waals surface area contributed by atoms with Crippen molar-refractivity contribution in [3.05, 3.63) is 34.7 Å². The summed E-state index contributed by atoms with van der Waals surface area (Å²) in [6, 6.07) is 7.75. The van der Waals surface area contributed by atoms with Gasteiger partial charge >= 0.3 is 5.69 Å². The second kappa shape index (κ2) is 5.96. The van der Waals surface area contributed by atoms with Gasteiger partial charge in [-0.2, -0.15) is 0 Å². The van der Waals surface area contributed by atoms with E-state index in [-0.39, 0.29) is 23.7 Å². The van der Waals surface area contributed by atoms with Crippen LogP contribution in [0.5, 0.6) is 0 Å². The molecule has 1 aliphatic heterocycles. The Morgan fingerprint density at radius 1 is 1.36 bits per heavy atom. The van der Waals surface area contributed by atoms with Crippen LogP contribution in [-0.4, -0.2) is 39.5 Å². The predicted molar refractivity (Wildman–Crippen MR) is 85.7 cm³/mol. The number of piperidine rings is 1. The number of carbonyl (C=O) groups excluding carboxylic acids is 1. The summed E-state index contributed by atoms with van der Waals surface area (Å²) < 4.78 is 1.84. The Balaban J connectivity index is 1.75. The second-order valence-electron chi connectivity index (χ2n) is 6.11. The fourth-order valence-corrected chi connectivity index (χ4v) is 3.21. The van der Waals surface area contributed by atoms with Gasteiger partial charge in [-0.05, 0) is 31.9 Å². The van der Waals surface area contributed by atoms with E-state index in [0.29, 0.717) is 19.5 Å². The number of hydrogen-bond acceptors (Lipinski definition) is 3. The topological polar surface area (TPSA) is 84.1 Å². The molecule has 0 bridgehead atoms. The molecule has 1 atom stereocenters. The van der Waals surface area contributed by atoms with E-state index in [1.807, 2.05) is 40.7 Å². The molecule has 1 aromatic heterocycles. The lowest BCUT2D eigenvalue weighted by molar-refractivity contribution is -0.132. The first kappa shape index (κ1) is 14.8. The number of fused-ring (bicyclic) bond motifs is 1. The maximum Gasteiger partial charge on any atom is 0.326 e. The van der Waals surface area contributed by atoms with Crippen molar-refractivity contribution in [2.24, 2.45) is 5.73 Å². The zero-order chi connectivity index (χ0) is 15.7. The molecular formula is C16H22N4O2. The number of nitrogens with two attached hydrogens (primary N) is 1. The Labute approximate surface area is 128 Å². The van der Waals surface area contributed by atoms with E-state index in [2.05, 4.69) is 4.98 Å². The minimum absolute atomic E-state index is 0.0680. The fraction of sp³-hybridized carbons (Fsp3) is 0.500.